The van der Waals surface area contributed by atoms with Crippen LogP contribution in [0.25, 0.3) is 0 Å². The van der Waals surface area contributed by atoms with E-state index in [0.29, 0.717) is 18.0 Å². The lowest BCUT2D eigenvalue weighted by atomic mass is 10.2. The number of carboxylic acids is 1. The molecule has 25 heavy (non-hydrogen) atoms. The summed E-state index contributed by atoms with van der Waals surface area (Å²) in [5, 5.41) is 12.0. The quantitative estimate of drug-likeness (QED) is 0.785. The highest BCUT2D eigenvalue weighted by atomic mass is 16.5. The number of carboxylic acid groups (broad SMARTS) is 1. The molecule has 1 heterocycles. The van der Waals surface area contributed by atoms with Crippen LogP contribution < -0.4 is 10.1 Å². The Morgan fingerprint density at radius 1 is 1.32 bits per heavy atom. The zero-order valence-electron chi connectivity index (χ0n) is 13.6. The van der Waals surface area contributed by atoms with Crippen LogP contribution >= 0.6 is 0 Å². The highest BCUT2D eigenvalue weighted by molar-refractivity contribution is 5.94. The lowest BCUT2D eigenvalue weighted by molar-refractivity contribution is -0.159. The molecule has 0 radical (unpaired) electrons. The summed E-state index contributed by atoms with van der Waals surface area (Å²) in [6.07, 6.45) is 1.83. The normalized spacial score (nSPS) is 20.0. The van der Waals surface area contributed by atoms with Gasteiger partial charge in [0.05, 0.1) is 13.2 Å². The van der Waals surface area contributed by atoms with Crippen molar-refractivity contribution in [1.29, 1.82) is 0 Å². The number of hydrogen-bond acceptors (Lipinski definition) is 5. The average molecular weight is 348 g/mol. The Balaban J connectivity index is 1.56. The lowest BCUT2D eigenvalue weighted by Gasteiger charge is -2.32. The van der Waals surface area contributed by atoms with E-state index in [0.717, 1.165) is 12.8 Å². The summed E-state index contributed by atoms with van der Waals surface area (Å²) < 4.78 is 10.6. The van der Waals surface area contributed by atoms with Crippen LogP contribution in [0.4, 0.5) is 5.69 Å². The van der Waals surface area contributed by atoms with Crippen LogP contribution in [0.5, 0.6) is 5.75 Å². The second-order valence-electron chi connectivity index (χ2n) is 6.10. The van der Waals surface area contributed by atoms with Crippen molar-refractivity contribution in [2.75, 3.05) is 31.7 Å². The van der Waals surface area contributed by atoms with E-state index in [-0.39, 0.29) is 31.6 Å². The SMILES string of the molecule is O=C(Nc1cccc(OCC(=O)N2CCOCC2C(=O)O)c1)C1CC1. The van der Waals surface area contributed by atoms with Gasteiger partial charge in [0.15, 0.2) is 12.6 Å². The van der Waals surface area contributed by atoms with Gasteiger partial charge in [-0.3, -0.25) is 9.59 Å². The molecular weight excluding hydrogens is 328 g/mol. The molecule has 1 unspecified atom stereocenters. The summed E-state index contributed by atoms with van der Waals surface area (Å²) in [6.45, 7) is 0.225. The third-order valence-corrected chi connectivity index (χ3v) is 4.15. The average Bonchev–Trinajstić information content (AvgIpc) is 3.45. The van der Waals surface area contributed by atoms with E-state index in [2.05, 4.69) is 5.32 Å². The minimum Gasteiger partial charge on any atom is -0.484 e. The van der Waals surface area contributed by atoms with Crippen molar-refractivity contribution in [2.45, 2.75) is 18.9 Å². The van der Waals surface area contributed by atoms with Crippen LogP contribution in [0.3, 0.4) is 0 Å². The van der Waals surface area contributed by atoms with Crippen molar-refractivity contribution < 1.29 is 29.0 Å². The number of benzene rings is 1. The number of aliphatic carboxylic acids is 1. The Morgan fingerprint density at radius 3 is 2.84 bits per heavy atom. The van der Waals surface area contributed by atoms with Crippen molar-refractivity contribution >= 4 is 23.5 Å². The fourth-order valence-corrected chi connectivity index (χ4v) is 2.59. The molecule has 1 saturated heterocycles. The number of carbonyl (C=O) groups is 3. The fraction of sp³-hybridized carbons (Fsp3) is 0.471. The van der Waals surface area contributed by atoms with Crippen LogP contribution in [0.1, 0.15) is 12.8 Å². The Morgan fingerprint density at radius 2 is 2.12 bits per heavy atom. The van der Waals surface area contributed by atoms with E-state index in [4.69, 9.17) is 14.6 Å². The molecule has 3 rings (SSSR count). The maximum absolute atomic E-state index is 12.3. The molecule has 1 aliphatic heterocycles. The van der Waals surface area contributed by atoms with Gasteiger partial charge >= 0.3 is 5.97 Å². The third-order valence-electron chi connectivity index (χ3n) is 4.15. The standard InChI is InChI=1S/C17H20N2O6/c20-15(19-6-7-24-9-14(19)17(22)23)10-25-13-3-1-2-12(8-13)18-16(21)11-4-5-11/h1-3,8,11,14H,4-7,9-10H2,(H,18,21)(H,22,23). The van der Waals surface area contributed by atoms with Gasteiger partial charge in [-0.15, -0.1) is 0 Å². The molecule has 1 aromatic rings. The molecule has 2 fully saturated rings. The van der Waals surface area contributed by atoms with Crippen LogP contribution in [-0.2, 0) is 19.1 Å². The van der Waals surface area contributed by atoms with E-state index >= 15 is 0 Å². The maximum atomic E-state index is 12.3. The van der Waals surface area contributed by atoms with Gasteiger partial charge in [-0.2, -0.15) is 0 Å². The van der Waals surface area contributed by atoms with Crippen molar-refractivity contribution in [1.82, 2.24) is 4.90 Å². The number of amides is 2. The number of anilines is 1. The summed E-state index contributed by atoms with van der Waals surface area (Å²) in [7, 11) is 0. The smallest absolute Gasteiger partial charge is 0.328 e. The highest BCUT2D eigenvalue weighted by Gasteiger charge is 2.33. The van der Waals surface area contributed by atoms with Crippen LogP contribution in [0.15, 0.2) is 24.3 Å². The van der Waals surface area contributed by atoms with E-state index in [9.17, 15) is 14.4 Å². The summed E-state index contributed by atoms with van der Waals surface area (Å²) in [5.41, 5.74) is 0.608. The predicted octanol–water partition coefficient (Wildman–Crippen LogP) is 0.726. The van der Waals surface area contributed by atoms with Crippen LogP contribution in [0, 0.1) is 5.92 Å². The molecule has 134 valence electrons. The van der Waals surface area contributed by atoms with Crippen molar-refractivity contribution in [3.63, 3.8) is 0 Å². The molecular formula is C17H20N2O6. The second-order valence-corrected chi connectivity index (χ2v) is 6.10. The molecule has 2 aliphatic rings. The first-order valence-electron chi connectivity index (χ1n) is 8.18. The number of ether oxygens (including phenoxy) is 2. The first kappa shape index (κ1) is 17.2. The fourth-order valence-electron chi connectivity index (χ4n) is 2.59. The van der Waals surface area contributed by atoms with Gasteiger partial charge in [0.1, 0.15) is 5.75 Å². The Bertz CT molecular complexity index is 673. The molecule has 8 heteroatoms. The zero-order chi connectivity index (χ0) is 17.8. The molecule has 1 aliphatic carbocycles. The highest BCUT2D eigenvalue weighted by Crippen LogP contribution is 2.30. The van der Waals surface area contributed by atoms with Gasteiger partial charge in [0.25, 0.3) is 5.91 Å². The summed E-state index contributed by atoms with van der Waals surface area (Å²) >= 11 is 0. The molecule has 8 nitrogen and oxygen atoms in total. The van der Waals surface area contributed by atoms with Gasteiger partial charge in [-0.1, -0.05) is 6.07 Å². The summed E-state index contributed by atoms with van der Waals surface area (Å²) in [5.74, 6) is -0.991. The van der Waals surface area contributed by atoms with E-state index in [1.165, 1.54) is 4.90 Å². The van der Waals surface area contributed by atoms with Crippen LogP contribution in [-0.4, -0.2) is 60.2 Å². The van der Waals surface area contributed by atoms with Crippen molar-refractivity contribution in [2.24, 2.45) is 5.92 Å². The first-order chi connectivity index (χ1) is 12.0. The van der Waals surface area contributed by atoms with Crippen molar-refractivity contribution in [3.05, 3.63) is 24.3 Å². The molecule has 1 saturated carbocycles. The van der Waals surface area contributed by atoms with Crippen molar-refractivity contribution in [3.8, 4) is 5.75 Å². The monoisotopic (exact) mass is 348 g/mol. The van der Waals surface area contributed by atoms with Crippen LogP contribution in [0.2, 0.25) is 0 Å². The molecule has 0 bridgehead atoms. The Hall–Kier alpha value is -2.61. The predicted molar refractivity (Wildman–Crippen MR) is 87.2 cm³/mol. The zero-order valence-corrected chi connectivity index (χ0v) is 13.6. The molecule has 2 N–H and O–H groups in total. The van der Waals surface area contributed by atoms with Gasteiger partial charge in [0.2, 0.25) is 5.91 Å². The molecule has 0 aromatic heterocycles. The van der Waals surface area contributed by atoms with E-state index < -0.39 is 17.9 Å². The molecule has 2 amide bonds. The molecule has 1 atom stereocenters. The summed E-state index contributed by atoms with van der Waals surface area (Å²) in [6, 6.07) is 5.79. The first-order valence-corrected chi connectivity index (χ1v) is 8.18. The molecule has 0 spiro atoms. The minimum atomic E-state index is -1.10. The summed E-state index contributed by atoms with van der Waals surface area (Å²) in [4.78, 5) is 36.5. The topological polar surface area (TPSA) is 105 Å². The van der Waals surface area contributed by atoms with E-state index in [1.54, 1.807) is 24.3 Å². The minimum absolute atomic E-state index is 0.00848. The van der Waals surface area contributed by atoms with Gasteiger partial charge < -0.3 is 24.8 Å². The van der Waals surface area contributed by atoms with Gasteiger partial charge in [-0.05, 0) is 25.0 Å². The number of rotatable bonds is 6. The van der Waals surface area contributed by atoms with Gasteiger partial charge in [-0.25, -0.2) is 4.79 Å². The maximum Gasteiger partial charge on any atom is 0.328 e. The molecule has 1 aromatic carbocycles. The third kappa shape index (κ3) is 4.48. The number of nitrogens with one attached hydrogen (secondary N) is 1. The number of carbonyl (C=O) groups excluding carboxylic acids is 2. The largest absolute Gasteiger partial charge is 0.484 e. The second kappa shape index (κ2) is 7.52. The van der Waals surface area contributed by atoms with E-state index in [1.807, 2.05) is 0 Å². The Kier molecular flexibility index (Phi) is 5.18. The lowest BCUT2D eigenvalue weighted by Crippen LogP contribution is -2.53. The number of nitrogens with zero attached hydrogens (tertiary/aromatic N) is 1. The Labute approximate surface area is 144 Å². The number of morpholine rings is 1. The van der Waals surface area contributed by atoms with Gasteiger partial charge in [0, 0.05) is 24.2 Å². The number of hydrogen-bond donors (Lipinski definition) is 2.